The van der Waals surface area contributed by atoms with E-state index in [1.807, 2.05) is 6.07 Å². The number of aliphatic carboxylic acids is 1. The fourth-order valence-electron chi connectivity index (χ4n) is 2.61. The molecule has 1 atom stereocenters. The van der Waals surface area contributed by atoms with Crippen molar-refractivity contribution in [2.45, 2.75) is 38.1 Å². The first-order valence-electron chi connectivity index (χ1n) is 6.54. The number of carboxylic acid groups (broad SMARTS) is 1. The number of hydrogen-bond acceptors (Lipinski definition) is 3. The van der Waals surface area contributed by atoms with Gasteiger partial charge in [0.15, 0.2) is 0 Å². The molecule has 2 heterocycles. The highest BCUT2D eigenvalue weighted by molar-refractivity contribution is 5.80. The molecule has 18 heavy (non-hydrogen) atoms. The molecule has 2 rings (SSSR count). The Morgan fingerprint density at radius 2 is 2.00 bits per heavy atom. The van der Waals surface area contributed by atoms with Crippen LogP contribution in [0.5, 0.6) is 0 Å². The summed E-state index contributed by atoms with van der Waals surface area (Å²) >= 11 is 0. The van der Waals surface area contributed by atoms with E-state index in [1.165, 1.54) is 12.8 Å². The Morgan fingerprint density at radius 3 is 2.50 bits per heavy atom. The number of carbonyl (C=O) groups is 1. The van der Waals surface area contributed by atoms with Crippen LogP contribution in [0.1, 0.15) is 38.2 Å². The molecule has 0 radical (unpaired) electrons. The highest BCUT2D eigenvalue weighted by Gasteiger charge is 2.41. The second-order valence-electron chi connectivity index (χ2n) is 5.02. The van der Waals surface area contributed by atoms with Gasteiger partial charge in [0.2, 0.25) is 0 Å². The molecule has 0 aromatic carbocycles. The van der Waals surface area contributed by atoms with Crippen molar-refractivity contribution < 1.29 is 9.90 Å². The molecule has 1 N–H and O–H groups in total. The molecule has 1 aromatic heterocycles. The van der Waals surface area contributed by atoms with Gasteiger partial charge in [0.1, 0.15) is 5.54 Å². The van der Waals surface area contributed by atoms with E-state index in [1.54, 1.807) is 25.4 Å². The third kappa shape index (κ3) is 2.38. The van der Waals surface area contributed by atoms with Crippen molar-refractivity contribution >= 4 is 5.97 Å². The molecular weight excluding hydrogens is 228 g/mol. The molecule has 1 aliphatic heterocycles. The van der Waals surface area contributed by atoms with Gasteiger partial charge in [-0.05, 0) is 38.9 Å². The molecule has 0 amide bonds. The van der Waals surface area contributed by atoms with Crippen molar-refractivity contribution in [3.05, 3.63) is 30.1 Å². The van der Waals surface area contributed by atoms with Gasteiger partial charge in [0.25, 0.3) is 0 Å². The zero-order chi connectivity index (χ0) is 13.0. The average Bonchev–Trinajstić information content (AvgIpc) is 2.67. The van der Waals surface area contributed by atoms with Crippen LogP contribution in [0.3, 0.4) is 0 Å². The molecule has 0 bridgehead atoms. The van der Waals surface area contributed by atoms with Crippen molar-refractivity contribution in [2.75, 3.05) is 13.1 Å². The van der Waals surface area contributed by atoms with E-state index in [0.29, 0.717) is 0 Å². The lowest BCUT2D eigenvalue weighted by Crippen LogP contribution is -2.50. The predicted molar refractivity (Wildman–Crippen MR) is 69.3 cm³/mol. The zero-order valence-electron chi connectivity index (χ0n) is 10.8. The maximum absolute atomic E-state index is 11.8. The standard InChI is InChI=1S/C14H20N2O2/c1-14(13(17)18,12-7-6-8-15-11-12)16-9-4-2-3-5-10-16/h6-8,11H,2-5,9-10H2,1H3,(H,17,18). The lowest BCUT2D eigenvalue weighted by atomic mass is 9.91. The summed E-state index contributed by atoms with van der Waals surface area (Å²) in [6.07, 6.45) is 7.87. The number of pyridine rings is 1. The Balaban J connectivity index is 2.34. The van der Waals surface area contributed by atoms with Crippen LogP contribution in [-0.2, 0) is 10.3 Å². The molecule has 4 heteroatoms. The summed E-state index contributed by atoms with van der Waals surface area (Å²) < 4.78 is 0. The first-order valence-corrected chi connectivity index (χ1v) is 6.54. The van der Waals surface area contributed by atoms with Gasteiger partial charge >= 0.3 is 5.97 Å². The molecular formula is C14H20N2O2. The number of likely N-dealkylation sites (tertiary alicyclic amines) is 1. The molecule has 0 saturated carbocycles. The Hall–Kier alpha value is -1.42. The predicted octanol–water partition coefficient (Wildman–Crippen LogP) is 2.26. The van der Waals surface area contributed by atoms with E-state index in [0.717, 1.165) is 31.5 Å². The van der Waals surface area contributed by atoms with Crippen molar-refractivity contribution in [1.82, 2.24) is 9.88 Å². The Bertz CT molecular complexity index is 400. The quantitative estimate of drug-likeness (QED) is 0.891. The van der Waals surface area contributed by atoms with Crippen molar-refractivity contribution in [3.8, 4) is 0 Å². The van der Waals surface area contributed by atoms with E-state index < -0.39 is 11.5 Å². The van der Waals surface area contributed by atoms with Gasteiger partial charge in [-0.1, -0.05) is 18.9 Å². The largest absolute Gasteiger partial charge is 0.480 e. The van der Waals surface area contributed by atoms with Gasteiger partial charge in [0, 0.05) is 18.0 Å². The topological polar surface area (TPSA) is 53.4 Å². The Morgan fingerprint density at radius 1 is 1.33 bits per heavy atom. The number of rotatable bonds is 3. The maximum Gasteiger partial charge on any atom is 0.328 e. The minimum Gasteiger partial charge on any atom is -0.480 e. The fourth-order valence-corrected chi connectivity index (χ4v) is 2.61. The first kappa shape index (κ1) is 13.0. The maximum atomic E-state index is 11.8. The minimum absolute atomic E-state index is 0.763. The second-order valence-corrected chi connectivity index (χ2v) is 5.02. The molecule has 1 aliphatic rings. The Labute approximate surface area is 108 Å². The highest BCUT2D eigenvalue weighted by atomic mass is 16.4. The monoisotopic (exact) mass is 248 g/mol. The summed E-state index contributed by atoms with van der Waals surface area (Å²) in [5.41, 5.74) is -0.196. The SMILES string of the molecule is CC(C(=O)O)(c1cccnc1)N1CCCCCC1. The van der Waals surface area contributed by atoms with Crippen molar-refractivity contribution in [2.24, 2.45) is 0 Å². The number of aromatic nitrogens is 1. The molecule has 0 aliphatic carbocycles. The van der Waals surface area contributed by atoms with Crippen LogP contribution in [0.15, 0.2) is 24.5 Å². The fraction of sp³-hybridized carbons (Fsp3) is 0.571. The second kappa shape index (κ2) is 5.48. The van der Waals surface area contributed by atoms with Crippen LogP contribution in [0.25, 0.3) is 0 Å². The lowest BCUT2D eigenvalue weighted by molar-refractivity contribution is -0.151. The summed E-state index contributed by atoms with van der Waals surface area (Å²) in [7, 11) is 0. The van der Waals surface area contributed by atoms with E-state index >= 15 is 0 Å². The highest BCUT2D eigenvalue weighted by Crippen LogP contribution is 2.30. The van der Waals surface area contributed by atoms with E-state index in [9.17, 15) is 9.90 Å². The summed E-state index contributed by atoms with van der Waals surface area (Å²) in [6.45, 7) is 3.48. The van der Waals surface area contributed by atoms with Gasteiger partial charge in [-0.15, -0.1) is 0 Å². The summed E-state index contributed by atoms with van der Waals surface area (Å²) in [4.78, 5) is 17.9. The summed E-state index contributed by atoms with van der Waals surface area (Å²) in [5, 5.41) is 9.66. The van der Waals surface area contributed by atoms with Gasteiger partial charge < -0.3 is 5.11 Å². The average molecular weight is 248 g/mol. The van der Waals surface area contributed by atoms with Gasteiger partial charge in [-0.25, -0.2) is 4.79 Å². The molecule has 1 unspecified atom stereocenters. The molecule has 1 saturated heterocycles. The smallest absolute Gasteiger partial charge is 0.328 e. The van der Waals surface area contributed by atoms with Crippen molar-refractivity contribution in [1.29, 1.82) is 0 Å². The molecule has 98 valence electrons. The third-order valence-electron chi connectivity index (χ3n) is 3.88. The first-order chi connectivity index (χ1) is 8.65. The van der Waals surface area contributed by atoms with Crippen LogP contribution >= 0.6 is 0 Å². The van der Waals surface area contributed by atoms with Crippen LogP contribution in [0.4, 0.5) is 0 Å². The number of hydrogen-bond donors (Lipinski definition) is 1. The minimum atomic E-state index is -0.960. The van der Waals surface area contributed by atoms with Gasteiger partial charge in [-0.3, -0.25) is 9.88 Å². The summed E-state index contributed by atoms with van der Waals surface area (Å²) in [5.74, 6) is -0.794. The van der Waals surface area contributed by atoms with Crippen LogP contribution in [0, 0.1) is 0 Å². The van der Waals surface area contributed by atoms with E-state index in [2.05, 4.69) is 9.88 Å². The third-order valence-corrected chi connectivity index (χ3v) is 3.88. The van der Waals surface area contributed by atoms with Crippen LogP contribution in [-0.4, -0.2) is 34.0 Å². The molecule has 4 nitrogen and oxygen atoms in total. The van der Waals surface area contributed by atoms with Crippen LogP contribution in [0.2, 0.25) is 0 Å². The van der Waals surface area contributed by atoms with Gasteiger partial charge in [-0.2, -0.15) is 0 Å². The van der Waals surface area contributed by atoms with E-state index in [-0.39, 0.29) is 0 Å². The van der Waals surface area contributed by atoms with Crippen molar-refractivity contribution in [3.63, 3.8) is 0 Å². The zero-order valence-corrected chi connectivity index (χ0v) is 10.8. The van der Waals surface area contributed by atoms with Crippen LogP contribution < -0.4 is 0 Å². The molecule has 1 fully saturated rings. The molecule has 1 aromatic rings. The normalized spacial score (nSPS) is 20.9. The van der Waals surface area contributed by atoms with E-state index in [4.69, 9.17) is 0 Å². The number of carboxylic acids is 1. The lowest BCUT2D eigenvalue weighted by Gasteiger charge is -2.37. The Kier molecular flexibility index (Phi) is 3.97. The van der Waals surface area contributed by atoms with Gasteiger partial charge in [0.05, 0.1) is 0 Å². The summed E-state index contributed by atoms with van der Waals surface area (Å²) in [6, 6.07) is 3.65. The molecule has 0 spiro atoms. The number of nitrogens with zero attached hydrogens (tertiary/aromatic N) is 2.